The Labute approximate surface area is 92.8 Å². The molecule has 0 aliphatic rings. The third-order valence-electron chi connectivity index (χ3n) is 0. The fraction of sp³-hybridized carbons (Fsp3) is 0. The Morgan fingerprint density at radius 1 is 1.12 bits per heavy atom. The second-order valence-corrected chi connectivity index (χ2v) is 1.34. The molecule has 0 aliphatic heterocycles. The summed E-state index contributed by atoms with van der Waals surface area (Å²) in [7, 11) is -5.39. The van der Waals surface area contributed by atoms with Crippen LogP contribution in [0.5, 0.6) is 0 Å². The van der Waals surface area contributed by atoms with E-state index in [0.717, 1.165) is 0 Å². The van der Waals surface area contributed by atoms with E-state index in [1.54, 1.807) is 0 Å². The first-order valence-electron chi connectivity index (χ1n) is 0.730. The van der Waals surface area contributed by atoms with Gasteiger partial charge in [-0.25, -0.2) is 0 Å². The topological polar surface area (TPSA) is 121 Å². The fourth-order valence-corrected chi connectivity index (χ4v) is 0. The van der Waals surface area contributed by atoms with Crippen LogP contribution in [0, 0.1) is 0 Å². The summed E-state index contributed by atoms with van der Waals surface area (Å²) >= 11 is 0. The van der Waals surface area contributed by atoms with Crippen molar-refractivity contribution in [2.45, 2.75) is 0 Å². The van der Waals surface area contributed by atoms with Crippen LogP contribution in [-0.4, -0.2) is 60.8 Å². The van der Waals surface area contributed by atoms with E-state index in [0.29, 0.717) is 0 Å². The quantitative estimate of drug-likeness (QED) is 0.304. The molecular formula is H3CaMgNO4P+. The summed E-state index contributed by atoms with van der Waals surface area (Å²) in [4.78, 5) is 25.6. The van der Waals surface area contributed by atoms with Crippen molar-refractivity contribution in [2.75, 3.05) is 0 Å². The number of phosphoric acid groups is 1. The minimum absolute atomic E-state index is 0. The van der Waals surface area contributed by atoms with Gasteiger partial charge in [-0.2, -0.15) is 7.82 Å². The van der Waals surface area contributed by atoms with Crippen molar-refractivity contribution in [2.24, 2.45) is 0 Å². The van der Waals surface area contributed by atoms with Crippen molar-refractivity contribution in [1.82, 2.24) is 6.15 Å². The molecule has 0 bridgehead atoms. The van der Waals surface area contributed by atoms with E-state index in [4.69, 9.17) is 19.2 Å². The Balaban J connectivity index is -0.0000000267. The van der Waals surface area contributed by atoms with Crippen molar-refractivity contribution in [3.8, 4) is 0 Å². The van der Waals surface area contributed by atoms with Crippen LogP contribution in [0.2, 0.25) is 0 Å². The van der Waals surface area contributed by atoms with Crippen molar-refractivity contribution in [3.63, 3.8) is 0 Å². The molecule has 0 heterocycles. The van der Waals surface area contributed by atoms with Gasteiger partial charge < -0.3 is 25.4 Å². The summed E-state index contributed by atoms with van der Waals surface area (Å²) in [6.07, 6.45) is 0. The molecule has 5 nitrogen and oxygen atoms in total. The molecule has 0 saturated carbocycles. The average molecular weight is 176 g/mol. The first-order valence-corrected chi connectivity index (χ1v) is 2.19. The monoisotopic (exact) mass is 176 g/mol. The van der Waals surface area contributed by atoms with E-state index < -0.39 is 7.82 Å². The Morgan fingerprint density at radius 2 is 1.12 bits per heavy atom. The molecule has 0 saturated heterocycles. The Morgan fingerprint density at radius 3 is 1.12 bits per heavy atom. The van der Waals surface area contributed by atoms with E-state index in [1.165, 1.54) is 0 Å². The largest absolute Gasteiger partial charge is 2.00 e. The predicted octanol–water partition coefficient (Wildman–Crippen LogP) is -3.42. The van der Waals surface area contributed by atoms with Gasteiger partial charge in [-0.1, -0.05) is 0 Å². The molecule has 0 rings (SSSR count). The van der Waals surface area contributed by atoms with E-state index in [9.17, 15) is 0 Å². The van der Waals surface area contributed by atoms with Crippen LogP contribution in [0.3, 0.4) is 0 Å². The van der Waals surface area contributed by atoms with Gasteiger partial charge in [0.05, 0.1) is 0 Å². The molecule has 3 N–H and O–H groups in total. The van der Waals surface area contributed by atoms with Crippen LogP contribution in [0.1, 0.15) is 0 Å². The summed E-state index contributed by atoms with van der Waals surface area (Å²) < 4.78 is 8.55. The molecule has 0 aromatic carbocycles. The van der Waals surface area contributed by atoms with Crippen LogP contribution in [0.4, 0.5) is 0 Å². The van der Waals surface area contributed by atoms with Crippen molar-refractivity contribution < 1.29 is 19.2 Å². The van der Waals surface area contributed by atoms with E-state index in [-0.39, 0.29) is 66.9 Å². The molecule has 0 aromatic rings. The van der Waals surface area contributed by atoms with Gasteiger partial charge >= 0.3 is 60.8 Å². The second kappa shape index (κ2) is 9.10. The second-order valence-electron chi connectivity index (χ2n) is 0.447. The van der Waals surface area contributed by atoms with Crippen LogP contribution >= 0.6 is 7.82 Å². The van der Waals surface area contributed by atoms with Crippen LogP contribution in [0.15, 0.2) is 0 Å². The maximum atomic E-state index is 8.55. The molecule has 0 aliphatic carbocycles. The molecule has 0 aromatic heterocycles. The first-order chi connectivity index (χ1) is 2.00. The zero-order chi connectivity index (χ0) is 4.50. The Bertz CT molecular complexity index is 62.2. The molecule has 0 amide bonds. The van der Waals surface area contributed by atoms with Crippen LogP contribution in [0.25, 0.3) is 0 Å². The van der Waals surface area contributed by atoms with Gasteiger partial charge in [0.25, 0.3) is 0 Å². The molecule has 0 radical (unpaired) electrons. The van der Waals surface area contributed by atoms with Crippen molar-refractivity contribution in [3.05, 3.63) is 0 Å². The average Bonchev–Trinajstić information content (AvgIpc) is 0.722. The maximum absolute atomic E-state index is 8.55. The van der Waals surface area contributed by atoms with E-state index >= 15 is 0 Å². The van der Waals surface area contributed by atoms with Gasteiger partial charge in [0.2, 0.25) is 0 Å². The molecule has 0 fully saturated rings. The normalized spacial score (nSPS) is 7.38. The zero-order valence-corrected chi connectivity index (χ0v) is 8.72. The molecule has 8 heavy (non-hydrogen) atoms. The Kier molecular flexibility index (Phi) is 25.6. The summed E-state index contributed by atoms with van der Waals surface area (Å²) in [5.41, 5.74) is 0. The minimum atomic E-state index is -5.39. The molecular weight excluding hydrogens is 173 g/mol. The molecule has 0 spiro atoms. The number of rotatable bonds is 0. The molecule has 0 unspecified atom stereocenters. The van der Waals surface area contributed by atoms with E-state index in [1.807, 2.05) is 0 Å². The van der Waals surface area contributed by atoms with Gasteiger partial charge in [-0.3, -0.25) is 0 Å². The Hall–Kier alpha value is 2.10. The SMILES string of the molecule is N.O=P([O-])([O-])[O-].[Ca+2].[Mg+2]. The molecule has 0 atom stereocenters. The summed E-state index contributed by atoms with van der Waals surface area (Å²) in [6.45, 7) is 0. The maximum Gasteiger partial charge on any atom is 2.00 e. The predicted molar refractivity (Wildman–Crippen MR) is 24.1 cm³/mol. The van der Waals surface area contributed by atoms with Gasteiger partial charge in [-0.05, 0) is 0 Å². The first kappa shape index (κ1) is 22.5. The smallest absolute Gasteiger partial charge is 0.822 e. The third-order valence-corrected chi connectivity index (χ3v) is 0. The standard InChI is InChI=1S/Ca.Mg.H3N.H3O4P/c;;;1-5(2,3)4/h;;1H3;(H3,1,2,3,4)/q2*+2;;/p-3. The number of hydrogen-bond acceptors (Lipinski definition) is 5. The van der Waals surface area contributed by atoms with E-state index in [2.05, 4.69) is 0 Å². The zero-order valence-electron chi connectivity index (χ0n) is 4.20. The fourth-order valence-electron chi connectivity index (χ4n) is 0. The van der Waals surface area contributed by atoms with Gasteiger partial charge in [-0.15, -0.1) is 0 Å². The minimum Gasteiger partial charge on any atom is -0.822 e. The molecule has 40 valence electrons. The van der Waals surface area contributed by atoms with Crippen molar-refractivity contribution in [1.29, 1.82) is 0 Å². The summed E-state index contributed by atoms with van der Waals surface area (Å²) in [5.74, 6) is 0. The van der Waals surface area contributed by atoms with Crippen LogP contribution in [-0.2, 0) is 4.57 Å². The van der Waals surface area contributed by atoms with Gasteiger partial charge in [0, 0.05) is 0 Å². The van der Waals surface area contributed by atoms with Crippen LogP contribution < -0.4 is 20.8 Å². The van der Waals surface area contributed by atoms with Crippen molar-refractivity contribution >= 4 is 68.6 Å². The third kappa shape index (κ3) is 92.8. The summed E-state index contributed by atoms with van der Waals surface area (Å²) in [5, 5.41) is 0. The molecule has 8 heteroatoms. The van der Waals surface area contributed by atoms with Gasteiger partial charge in [0.1, 0.15) is 0 Å². The number of hydrogen-bond donors (Lipinski definition) is 1. The summed E-state index contributed by atoms with van der Waals surface area (Å²) in [6, 6.07) is 0. The van der Waals surface area contributed by atoms with Gasteiger partial charge in [0.15, 0.2) is 0 Å².